The molecule has 0 aromatic carbocycles. The Labute approximate surface area is 139 Å². The molecule has 1 aliphatic carbocycles. The summed E-state index contributed by atoms with van der Waals surface area (Å²) in [6.45, 7) is 6.67. The van der Waals surface area contributed by atoms with E-state index in [1.54, 1.807) is 0 Å². The van der Waals surface area contributed by atoms with E-state index in [2.05, 4.69) is 13.8 Å². The molecule has 1 amide bonds. The van der Waals surface area contributed by atoms with Crippen LogP contribution >= 0.6 is 0 Å². The SMILES string of the molecule is CC1(C)CCC(=CC(=O)N2CCC[C@@H]2[C@@H]2COCC[C@H]2O)CC1. The molecule has 130 valence electrons. The third kappa shape index (κ3) is 3.97. The zero-order valence-corrected chi connectivity index (χ0v) is 14.6. The first-order valence-corrected chi connectivity index (χ1v) is 9.22. The van der Waals surface area contributed by atoms with Crippen molar-refractivity contribution in [3.63, 3.8) is 0 Å². The molecule has 2 heterocycles. The van der Waals surface area contributed by atoms with E-state index in [1.807, 2.05) is 11.0 Å². The van der Waals surface area contributed by atoms with Crippen LogP contribution in [0.4, 0.5) is 0 Å². The molecule has 3 aliphatic rings. The number of rotatable bonds is 2. The molecule has 0 radical (unpaired) electrons. The topological polar surface area (TPSA) is 49.8 Å². The Bertz CT molecular complexity index is 459. The van der Waals surface area contributed by atoms with Crippen LogP contribution in [-0.2, 0) is 9.53 Å². The number of hydrogen-bond donors (Lipinski definition) is 1. The van der Waals surface area contributed by atoms with Crippen LogP contribution in [0.5, 0.6) is 0 Å². The molecule has 1 N–H and O–H groups in total. The van der Waals surface area contributed by atoms with Gasteiger partial charge in [0.15, 0.2) is 0 Å². The lowest BCUT2D eigenvalue weighted by Gasteiger charge is -2.37. The Morgan fingerprint density at radius 1 is 1.30 bits per heavy atom. The van der Waals surface area contributed by atoms with Gasteiger partial charge in [0.05, 0.1) is 12.7 Å². The Balaban J connectivity index is 1.64. The van der Waals surface area contributed by atoms with Crippen molar-refractivity contribution in [2.24, 2.45) is 11.3 Å². The van der Waals surface area contributed by atoms with E-state index < -0.39 is 0 Å². The minimum atomic E-state index is -0.328. The number of amides is 1. The van der Waals surface area contributed by atoms with Gasteiger partial charge in [-0.25, -0.2) is 0 Å². The van der Waals surface area contributed by atoms with Crippen LogP contribution in [0.1, 0.15) is 58.8 Å². The van der Waals surface area contributed by atoms with Crippen molar-refractivity contribution in [2.45, 2.75) is 70.9 Å². The van der Waals surface area contributed by atoms with Crippen LogP contribution in [0.25, 0.3) is 0 Å². The van der Waals surface area contributed by atoms with Gasteiger partial charge < -0.3 is 14.7 Å². The number of carbonyl (C=O) groups excluding carboxylic acids is 1. The van der Waals surface area contributed by atoms with Gasteiger partial charge in [-0.1, -0.05) is 19.4 Å². The second kappa shape index (κ2) is 6.94. The van der Waals surface area contributed by atoms with Gasteiger partial charge in [-0.2, -0.15) is 0 Å². The van der Waals surface area contributed by atoms with Crippen molar-refractivity contribution in [3.05, 3.63) is 11.6 Å². The van der Waals surface area contributed by atoms with Crippen LogP contribution in [0, 0.1) is 11.3 Å². The van der Waals surface area contributed by atoms with Gasteiger partial charge in [-0.05, 0) is 50.4 Å². The number of hydrogen-bond acceptors (Lipinski definition) is 3. The second-order valence-electron chi connectivity index (χ2n) is 8.30. The molecule has 2 saturated heterocycles. The fourth-order valence-electron chi connectivity index (χ4n) is 4.28. The van der Waals surface area contributed by atoms with Crippen LogP contribution in [-0.4, -0.2) is 47.8 Å². The molecule has 3 atom stereocenters. The Kier molecular flexibility index (Phi) is 5.12. The zero-order chi connectivity index (χ0) is 16.4. The molecule has 0 bridgehead atoms. The average Bonchev–Trinajstić information content (AvgIpc) is 2.99. The van der Waals surface area contributed by atoms with Gasteiger partial charge >= 0.3 is 0 Å². The highest BCUT2D eigenvalue weighted by Gasteiger charge is 2.39. The maximum atomic E-state index is 12.8. The molecule has 0 spiro atoms. The van der Waals surface area contributed by atoms with Crippen LogP contribution < -0.4 is 0 Å². The highest BCUT2D eigenvalue weighted by molar-refractivity contribution is 5.88. The molecule has 1 saturated carbocycles. The molecule has 0 aromatic heterocycles. The molecular weight excluding hydrogens is 290 g/mol. The lowest BCUT2D eigenvalue weighted by atomic mass is 9.75. The van der Waals surface area contributed by atoms with Gasteiger partial charge in [-0.15, -0.1) is 0 Å². The molecule has 0 unspecified atom stereocenters. The lowest BCUT2D eigenvalue weighted by Crippen LogP contribution is -2.47. The second-order valence-corrected chi connectivity index (χ2v) is 8.30. The third-order valence-corrected chi connectivity index (χ3v) is 6.01. The van der Waals surface area contributed by atoms with Gasteiger partial charge in [0.1, 0.15) is 0 Å². The summed E-state index contributed by atoms with van der Waals surface area (Å²) in [7, 11) is 0. The number of carbonyl (C=O) groups is 1. The zero-order valence-electron chi connectivity index (χ0n) is 14.6. The van der Waals surface area contributed by atoms with Gasteiger partial charge in [0.25, 0.3) is 0 Å². The van der Waals surface area contributed by atoms with Crippen molar-refractivity contribution in [1.82, 2.24) is 4.90 Å². The molecule has 23 heavy (non-hydrogen) atoms. The molecule has 0 aromatic rings. The maximum absolute atomic E-state index is 12.8. The normalized spacial score (nSPS) is 34.5. The Hall–Kier alpha value is -0.870. The summed E-state index contributed by atoms with van der Waals surface area (Å²) in [4.78, 5) is 14.8. The standard InChI is InChI=1S/C19H31NO3/c1-19(2)8-5-14(6-9-19)12-18(22)20-10-3-4-16(20)15-13-23-11-7-17(15)21/h12,15-17,21H,3-11,13H2,1-2H3/t15-,16+,17+/m0/s1. The fraction of sp³-hybridized carbons (Fsp3) is 0.842. The van der Waals surface area contributed by atoms with Crippen LogP contribution in [0.3, 0.4) is 0 Å². The smallest absolute Gasteiger partial charge is 0.246 e. The number of aliphatic hydroxyl groups is 1. The lowest BCUT2D eigenvalue weighted by molar-refractivity contribution is -0.131. The number of allylic oxidation sites excluding steroid dienone is 1. The molecule has 3 fully saturated rings. The Morgan fingerprint density at radius 3 is 2.74 bits per heavy atom. The molecule has 4 nitrogen and oxygen atoms in total. The number of nitrogens with zero attached hydrogens (tertiary/aromatic N) is 1. The quantitative estimate of drug-likeness (QED) is 0.796. The van der Waals surface area contributed by atoms with Gasteiger partial charge in [-0.3, -0.25) is 4.79 Å². The van der Waals surface area contributed by atoms with Crippen molar-refractivity contribution >= 4 is 5.91 Å². The van der Waals surface area contributed by atoms with Crippen molar-refractivity contribution in [2.75, 3.05) is 19.8 Å². The molecule has 4 heteroatoms. The fourth-order valence-corrected chi connectivity index (χ4v) is 4.28. The largest absolute Gasteiger partial charge is 0.393 e. The summed E-state index contributed by atoms with van der Waals surface area (Å²) in [6.07, 6.45) is 8.73. The minimum absolute atomic E-state index is 0.0823. The van der Waals surface area contributed by atoms with Gasteiger partial charge in [0.2, 0.25) is 5.91 Å². The minimum Gasteiger partial charge on any atom is -0.393 e. The first kappa shape index (κ1) is 17.0. The Morgan fingerprint density at radius 2 is 2.04 bits per heavy atom. The summed E-state index contributed by atoms with van der Waals surface area (Å²) in [5.74, 6) is 0.235. The number of ether oxygens (including phenoxy) is 1. The van der Waals surface area contributed by atoms with E-state index in [0.717, 1.165) is 32.2 Å². The summed E-state index contributed by atoms with van der Waals surface area (Å²) in [5, 5.41) is 10.3. The highest BCUT2D eigenvalue weighted by Crippen LogP contribution is 2.38. The van der Waals surface area contributed by atoms with Crippen LogP contribution in [0.15, 0.2) is 11.6 Å². The van der Waals surface area contributed by atoms with Crippen LogP contribution in [0.2, 0.25) is 0 Å². The molecule has 3 rings (SSSR count). The first-order valence-electron chi connectivity index (χ1n) is 9.22. The summed E-state index contributed by atoms with van der Waals surface area (Å²) in [5.41, 5.74) is 1.72. The summed E-state index contributed by atoms with van der Waals surface area (Å²) in [6, 6.07) is 0.148. The van der Waals surface area contributed by atoms with Crippen molar-refractivity contribution in [1.29, 1.82) is 0 Å². The number of likely N-dealkylation sites (tertiary alicyclic amines) is 1. The predicted molar refractivity (Wildman–Crippen MR) is 90.0 cm³/mol. The first-order chi connectivity index (χ1) is 11.0. The highest BCUT2D eigenvalue weighted by atomic mass is 16.5. The van der Waals surface area contributed by atoms with E-state index in [0.29, 0.717) is 25.0 Å². The third-order valence-electron chi connectivity index (χ3n) is 6.01. The van der Waals surface area contributed by atoms with E-state index in [9.17, 15) is 9.90 Å². The van der Waals surface area contributed by atoms with E-state index in [1.165, 1.54) is 18.4 Å². The summed E-state index contributed by atoms with van der Waals surface area (Å²) < 4.78 is 5.55. The maximum Gasteiger partial charge on any atom is 0.246 e. The molecular formula is C19H31NO3. The van der Waals surface area contributed by atoms with E-state index in [-0.39, 0.29) is 24.0 Å². The average molecular weight is 321 g/mol. The van der Waals surface area contributed by atoms with E-state index >= 15 is 0 Å². The molecule has 2 aliphatic heterocycles. The number of aliphatic hydroxyl groups excluding tert-OH is 1. The van der Waals surface area contributed by atoms with Crippen molar-refractivity contribution < 1.29 is 14.6 Å². The predicted octanol–water partition coefficient (Wildman–Crippen LogP) is 2.90. The van der Waals surface area contributed by atoms with Gasteiger partial charge in [0, 0.05) is 31.2 Å². The van der Waals surface area contributed by atoms with Crippen molar-refractivity contribution in [3.8, 4) is 0 Å². The van der Waals surface area contributed by atoms with E-state index in [4.69, 9.17) is 4.74 Å². The monoisotopic (exact) mass is 321 g/mol. The summed E-state index contributed by atoms with van der Waals surface area (Å²) >= 11 is 0.